The fourth-order valence-corrected chi connectivity index (χ4v) is 2.18. The van der Waals surface area contributed by atoms with Gasteiger partial charge in [0.2, 0.25) is 0 Å². The maximum atomic E-state index is 5.94. The van der Waals surface area contributed by atoms with E-state index < -0.39 is 0 Å². The van der Waals surface area contributed by atoms with Gasteiger partial charge in [0.05, 0.1) is 12.1 Å². The third-order valence-corrected chi connectivity index (χ3v) is 3.01. The van der Waals surface area contributed by atoms with Crippen LogP contribution in [0.5, 0.6) is 0 Å². The maximum absolute atomic E-state index is 5.94. The number of nitrogens with zero attached hydrogens (tertiary/aromatic N) is 1. The SMILES string of the molecule is COC(C(NN)c1cc(C)cnc1N)C(C)(C)C. The number of rotatable bonds is 4. The molecule has 0 bridgehead atoms. The average molecular weight is 252 g/mol. The fraction of sp³-hybridized carbons (Fsp3) is 0.615. The molecule has 0 aliphatic rings. The molecule has 1 heterocycles. The van der Waals surface area contributed by atoms with E-state index in [1.165, 1.54) is 0 Å². The summed E-state index contributed by atoms with van der Waals surface area (Å²) < 4.78 is 5.59. The highest BCUT2D eigenvalue weighted by Gasteiger charge is 2.34. The van der Waals surface area contributed by atoms with Crippen molar-refractivity contribution in [2.45, 2.75) is 39.8 Å². The lowest BCUT2D eigenvalue weighted by Crippen LogP contribution is -2.44. The summed E-state index contributed by atoms with van der Waals surface area (Å²) in [5.41, 5.74) is 10.6. The second-order valence-electron chi connectivity index (χ2n) is 5.65. The van der Waals surface area contributed by atoms with Crippen LogP contribution in [0.25, 0.3) is 0 Å². The molecule has 2 atom stereocenters. The van der Waals surface area contributed by atoms with Gasteiger partial charge >= 0.3 is 0 Å². The second-order valence-corrected chi connectivity index (χ2v) is 5.65. The summed E-state index contributed by atoms with van der Waals surface area (Å²) in [6, 6.07) is 1.80. The minimum atomic E-state index is -0.192. The van der Waals surface area contributed by atoms with E-state index in [9.17, 15) is 0 Å². The van der Waals surface area contributed by atoms with Crippen LogP contribution in [-0.2, 0) is 4.74 Å². The molecule has 0 amide bonds. The van der Waals surface area contributed by atoms with E-state index >= 15 is 0 Å². The van der Waals surface area contributed by atoms with Crippen molar-refractivity contribution in [3.05, 3.63) is 23.4 Å². The lowest BCUT2D eigenvalue weighted by Gasteiger charge is -2.36. The molecule has 1 rings (SSSR count). The van der Waals surface area contributed by atoms with Gasteiger partial charge in [-0.2, -0.15) is 0 Å². The number of nitrogens with one attached hydrogen (secondary N) is 1. The summed E-state index contributed by atoms with van der Waals surface area (Å²) in [6.45, 7) is 8.28. The molecule has 0 spiro atoms. The molecule has 1 aromatic rings. The summed E-state index contributed by atoms with van der Waals surface area (Å²) in [5.74, 6) is 6.16. The van der Waals surface area contributed by atoms with Crippen molar-refractivity contribution < 1.29 is 4.74 Å². The normalized spacial score (nSPS) is 15.4. The molecule has 5 N–H and O–H groups in total. The first-order valence-corrected chi connectivity index (χ1v) is 6.02. The zero-order valence-corrected chi connectivity index (χ0v) is 11.8. The minimum absolute atomic E-state index is 0.0675. The molecule has 5 heteroatoms. The Morgan fingerprint density at radius 3 is 2.44 bits per heavy atom. The maximum Gasteiger partial charge on any atom is 0.128 e. The van der Waals surface area contributed by atoms with Crippen molar-refractivity contribution in [1.82, 2.24) is 10.4 Å². The number of ether oxygens (including phenoxy) is 1. The predicted molar refractivity (Wildman–Crippen MR) is 73.7 cm³/mol. The second kappa shape index (κ2) is 5.65. The van der Waals surface area contributed by atoms with E-state index in [1.807, 2.05) is 13.0 Å². The van der Waals surface area contributed by atoms with E-state index in [2.05, 4.69) is 31.2 Å². The van der Waals surface area contributed by atoms with Crippen LogP contribution < -0.4 is 17.0 Å². The van der Waals surface area contributed by atoms with Crippen molar-refractivity contribution in [1.29, 1.82) is 0 Å². The molecule has 2 unspecified atom stereocenters. The van der Waals surface area contributed by atoms with E-state index in [0.29, 0.717) is 5.82 Å². The van der Waals surface area contributed by atoms with E-state index in [-0.39, 0.29) is 17.6 Å². The van der Waals surface area contributed by atoms with Gasteiger partial charge in [-0.1, -0.05) is 20.8 Å². The predicted octanol–water partition coefficient (Wildman–Crippen LogP) is 1.54. The standard InChI is InChI=1S/C13H24N4O/c1-8-6-9(12(14)16-7-8)10(17-15)11(18-5)13(2,3)4/h6-7,10-11,17H,15H2,1-5H3,(H2,14,16). The third kappa shape index (κ3) is 3.19. The van der Waals surface area contributed by atoms with Gasteiger partial charge in [0.15, 0.2) is 0 Å². The van der Waals surface area contributed by atoms with Gasteiger partial charge in [-0.25, -0.2) is 4.98 Å². The molecule has 0 saturated carbocycles. The molecular formula is C13H24N4O. The van der Waals surface area contributed by atoms with Gasteiger partial charge in [-0.3, -0.25) is 11.3 Å². The van der Waals surface area contributed by atoms with Crippen molar-refractivity contribution in [3.63, 3.8) is 0 Å². The Labute approximate surface area is 109 Å². The molecule has 18 heavy (non-hydrogen) atoms. The molecule has 0 fully saturated rings. The highest BCUT2D eigenvalue weighted by Crippen LogP contribution is 2.33. The first kappa shape index (κ1) is 14.9. The van der Waals surface area contributed by atoms with E-state index in [1.54, 1.807) is 13.3 Å². The van der Waals surface area contributed by atoms with Crippen molar-refractivity contribution >= 4 is 5.82 Å². The Balaban J connectivity index is 3.19. The molecular weight excluding hydrogens is 228 g/mol. The Bertz CT molecular complexity index is 400. The average Bonchev–Trinajstić information content (AvgIpc) is 2.27. The Morgan fingerprint density at radius 1 is 1.39 bits per heavy atom. The van der Waals surface area contributed by atoms with Gasteiger partial charge in [0.1, 0.15) is 5.82 Å². The molecule has 0 radical (unpaired) electrons. The number of hydrogen-bond acceptors (Lipinski definition) is 5. The lowest BCUT2D eigenvalue weighted by molar-refractivity contribution is -0.0119. The Hall–Kier alpha value is -1.17. The molecule has 0 aliphatic carbocycles. The fourth-order valence-electron chi connectivity index (χ4n) is 2.18. The number of aryl methyl sites for hydroxylation is 1. The Morgan fingerprint density at radius 2 is 2.00 bits per heavy atom. The highest BCUT2D eigenvalue weighted by atomic mass is 16.5. The molecule has 5 nitrogen and oxygen atoms in total. The lowest BCUT2D eigenvalue weighted by atomic mass is 9.82. The summed E-state index contributed by atoms with van der Waals surface area (Å²) in [7, 11) is 1.68. The van der Waals surface area contributed by atoms with Crippen LogP contribution in [0, 0.1) is 12.3 Å². The smallest absolute Gasteiger partial charge is 0.128 e. The third-order valence-electron chi connectivity index (χ3n) is 3.01. The van der Waals surface area contributed by atoms with Crippen molar-refractivity contribution in [3.8, 4) is 0 Å². The molecule has 0 aromatic carbocycles. The molecule has 0 saturated heterocycles. The van der Waals surface area contributed by atoms with E-state index in [0.717, 1.165) is 11.1 Å². The Kier molecular flexibility index (Phi) is 4.67. The monoisotopic (exact) mass is 252 g/mol. The number of hydrazine groups is 1. The minimum Gasteiger partial charge on any atom is -0.383 e. The number of nitrogen functional groups attached to an aromatic ring is 1. The summed E-state index contributed by atoms with van der Waals surface area (Å²) >= 11 is 0. The van der Waals surface area contributed by atoms with Gasteiger partial charge in [0.25, 0.3) is 0 Å². The number of pyridine rings is 1. The number of anilines is 1. The summed E-state index contributed by atoms with van der Waals surface area (Å²) in [6.07, 6.45) is 1.64. The highest BCUT2D eigenvalue weighted by molar-refractivity contribution is 5.43. The van der Waals surface area contributed by atoms with Crippen molar-refractivity contribution in [2.24, 2.45) is 11.3 Å². The van der Waals surface area contributed by atoms with Crippen LogP contribution in [0.1, 0.15) is 37.9 Å². The number of methoxy groups -OCH3 is 1. The van der Waals surface area contributed by atoms with Crippen LogP contribution >= 0.6 is 0 Å². The summed E-state index contributed by atoms with van der Waals surface area (Å²) in [5, 5.41) is 0. The van der Waals surface area contributed by atoms with Crippen LogP contribution in [0.2, 0.25) is 0 Å². The largest absolute Gasteiger partial charge is 0.383 e. The number of aromatic nitrogens is 1. The first-order chi connectivity index (χ1) is 8.31. The van der Waals surface area contributed by atoms with Crippen LogP contribution in [0.4, 0.5) is 5.82 Å². The van der Waals surface area contributed by atoms with Gasteiger partial charge in [0, 0.05) is 18.9 Å². The zero-order chi connectivity index (χ0) is 13.9. The van der Waals surface area contributed by atoms with Crippen LogP contribution in [0.15, 0.2) is 12.3 Å². The van der Waals surface area contributed by atoms with Gasteiger partial charge in [-0.15, -0.1) is 0 Å². The van der Waals surface area contributed by atoms with Gasteiger partial charge < -0.3 is 10.5 Å². The van der Waals surface area contributed by atoms with E-state index in [4.69, 9.17) is 16.3 Å². The topological polar surface area (TPSA) is 86.2 Å². The van der Waals surface area contributed by atoms with Crippen LogP contribution in [-0.4, -0.2) is 18.2 Å². The summed E-state index contributed by atoms with van der Waals surface area (Å²) in [4.78, 5) is 4.17. The van der Waals surface area contributed by atoms with Crippen molar-refractivity contribution in [2.75, 3.05) is 12.8 Å². The number of nitrogens with two attached hydrogens (primary N) is 2. The molecule has 1 aromatic heterocycles. The quantitative estimate of drug-likeness (QED) is 0.559. The van der Waals surface area contributed by atoms with Gasteiger partial charge in [-0.05, 0) is 24.0 Å². The molecule has 102 valence electrons. The molecule has 0 aliphatic heterocycles. The van der Waals surface area contributed by atoms with Crippen LogP contribution in [0.3, 0.4) is 0 Å². The number of hydrogen-bond donors (Lipinski definition) is 3. The zero-order valence-electron chi connectivity index (χ0n) is 11.8. The first-order valence-electron chi connectivity index (χ1n) is 6.02.